The van der Waals surface area contributed by atoms with Crippen molar-refractivity contribution in [1.29, 1.82) is 0 Å². The van der Waals surface area contributed by atoms with Crippen molar-refractivity contribution in [2.45, 2.75) is 70.9 Å². The fraction of sp³-hybridized carbons (Fsp3) is 0.900. The molecular weight excluding hydrogens is 328 g/mol. The van der Waals surface area contributed by atoms with Crippen LogP contribution in [0.4, 0.5) is 4.79 Å². The third-order valence-electron chi connectivity index (χ3n) is 5.99. The molecule has 0 aromatic heterocycles. The van der Waals surface area contributed by atoms with Gasteiger partial charge < -0.3 is 15.1 Å². The van der Waals surface area contributed by atoms with E-state index in [1.165, 1.54) is 25.7 Å². The second-order valence-corrected chi connectivity index (χ2v) is 9.22. The number of likely N-dealkylation sites (tertiary alicyclic amines) is 1. The fourth-order valence-corrected chi connectivity index (χ4v) is 4.66. The molecule has 148 valence electrons. The van der Waals surface area contributed by atoms with E-state index in [1.54, 1.807) is 0 Å². The maximum Gasteiger partial charge on any atom is 0.317 e. The van der Waals surface area contributed by atoms with Crippen LogP contribution in [-0.2, 0) is 4.79 Å². The number of amides is 3. The minimum absolute atomic E-state index is 0.0143. The van der Waals surface area contributed by atoms with Gasteiger partial charge in [0, 0.05) is 44.8 Å². The molecule has 1 atom stereocenters. The van der Waals surface area contributed by atoms with E-state index in [1.807, 2.05) is 25.7 Å². The Labute approximate surface area is 158 Å². The van der Waals surface area contributed by atoms with Crippen molar-refractivity contribution in [1.82, 2.24) is 20.0 Å². The van der Waals surface area contributed by atoms with Crippen LogP contribution in [0.3, 0.4) is 0 Å². The van der Waals surface area contributed by atoms with Crippen molar-refractivity contribution in [3.63, 3.8) is 0 Å². The second kappa shape index (κ2) is 8.15. The summed E-state index contributed by atoms with van der Waals surface area (Å²) in [6.45, 7) is 10.9. The van der Waals surface area contributed by atoms with Crippen molar-refractivity contribution in [2.24, 2.45) is 5.92 Å². The standard InChI is InChI=1S/C20H36N4O2/c1-20(2,3)21-19(26)24-14-12-22(13-15-24)17(16-8-4-5-9-16)18(25)23-10-6-7-11-23/h16-17H,4-15H2,1-3H3,(H,21,26). The van der Waals surface area contributed by atoms with Crippen LogP contribution in [0.2, 0.25) is 0 Å². The smallest absolute Gasteiger partial charge is 0.317 e. The first-order chi connectivity index (χ1) is 12.3. The SMILES string of the molecule is CC(C)(C)NC(=O)N1CCN(C(C(=O)N2CCCC2)C2CCCC2)CC1. The second-order valence-electron chi connectivity index (χ2n) is 9.22. The summed E-state index contributed by atoms with van der Waals surface area (Å²) in [5.41, 5.74) is -0.216. The molecule has 0 bridgehead atoms. The molecule has 3 amide bonds. The number of carbonyl (C=O) groups is 2. The maximum atomic E-state index is 13.2. The van der Waals surface area contributed by atoms with E-state index in [0.29, 0.717) is 24.9 Å². The van der Waals surface area contributed by atoms with Crippen molar-refractivity contribution in [3.8, 4) is 0 Å². The summed E-state index contributed by atoms with van der Waals surface area (Å²) in [5, 5.41) is 3.05. The molecule has 0 aromatic rings. The number of hydrogen-bond donors (Lipinski definition) is 1. The highest BCUT2D eigenvalue weighted by Gasteiger charge is 2.39. The predicted molar refractivity (Wildman–Crippen MR) is 103 cm³/mol. The Hall–Kier alpha value is -1.30. The van der Waals surface area contributed by atoms with E-state index < -0.39 is 0 Å². The van der Waals surface area contributed by atoms with Gasteiger partial charge in [0.15, 0.2) is 0 Å². The van der Waals surface area contributed by atoms with Gasteiger partial charge in [-0.1, -0.05) is 12.8 Å². The van der Waals surface area contributed by atoms with E-state index in [4.69, 9.17) is 0 Å². The maximum absolute atomic E-state index is 13.2. The molecule has 0 radical (unpaired) electrons. The average molecular weight is 365 g/mol. The van der Waals surface area contributed by atoms with Crippen LogP contribution in [-0.4, -0.2) is 77.5 Å². The van der Waals surface area contributed by atoms with Gasteiger partial charge in [0.05, 0.1) is 6.04 Å². The topological polar surface area (TPSA) is 55.9 Å². The largest absolute Gasteiger partial charge is 0.341 e. The Kier molecular flexibility index (Phi) is 6.10. The van der Waals surface area contributed by atoms with Gasteiger partial charge in [-0.2, -0.15) is 0 Å². The van der Waals surface area contributed by atoms with Crippen molar-refractivity contribution in [3.05, 3.63) is 0 Å². The van der Waals surface area contributed by atoms with E-state index in [2.05, 4.69) is 15.1 Å². The van der Waals surface area contributed by atoms with Crippen LogP contribution in [0.25, 0.3) is 0 Å². The van der Waals surface area contributed by atoms with E-state index in [0.717, 1.165) is 39.0 Å². The molecular formula is C20H36N4O2. The highest BCUT2D eigenvalue weighted by molar-refractivity contribution is 5.82. The highest BCUT2D eigenvalue weighted by Crippen LogP contribution is 2.32. The molecule has 0 spiro atoms. The lowest BCUT2D eigenvalue weighted by Gasteiger charge is -2.42. The summed E-state index contributed by atoms with van der Waals surface area (Å²) in [7, 11) is 0. The summed E-state index contributed by atoms with van der Waals surface area (Å²) in [4.78, 5) is 32.0. The number of rotatable bonds is 3. The van der Waals surface area contributed by atoms with Crippen LogP contribution < -0.4 is 5.32 Å². The molecule has 1 aliphatic carbocycles. The molecule has 3 aliphatic rings. The molecule has 0 aromatic carbocycles. The predicted octanol–water partition coefficient (Wildman–Crippen LogP) is 2.29. The van der Waals surface area contributed by atoms with Gasteiger partial charge in [-0.3, -0.25) is 9.69 Å². The monoisotopic (exact) mass is 364 g/mol. The van der Waals surface area contributed by atoms with Crippen LogP contribution in [0, 0.1) is 5.92 Å². The molecule has 3 rings (SSSR count). The van der Waals surface area contributed by atoms with Gasteiger partial charge in [-0.05, 0) is 52.4 Å². The first kappa shape index (κ1) is 19.5. The quantitative estimate of drug-likeness (QED) is 0.836. The van der Waals surface area contributed by atoms with Gasteiger partial charge >= 0.3 is 6.03 Å². The van der Waals surface area contributed by atoms with Crippen molar-refractivity contribution < 1.29 is 9.59 Å². The van der Waals surface area contributed by atoms with Crippen LogP contribution in [0.15, 0.2) is 0 Å². The zero-order chi connectivity index (χ0) is 18.7. The van der Waals surface area contributed by atoms with Gasteiger partial charge in [0.25, 0.3) is 0 Å². The Morgan fingerprint density at radius 3 is 1.96 bits per heavy atom. The fourth-order valence-electron chi connectivity index (χ4n) is 4.66. The van der Waals surface area contributed by atoms with Crippen molar-refractivity contribution in [2.75, 3.05) is 39.3 Å². The molecule has 2 aliphatic heterocycles. The lowest BCUT2D eigenvalue weighted by atomic mass is 9.94. The molecule has 1 saturated carbocycles. The molecule has 6 nitrogen and oxygen atoms in total. The Morgan fingerprint density at radius 1 is 0.846 bits per heavy atom. The molecule has 1 N–H and O–H groups in total. The Morgan fingerprint density at radius 2 is 1.42 bits per heavy atom. The molecule has 1 unspecified atom stereocenters. The minimum atomic E-state index is -0.216. The first-order valence-electron chi connectivity index (χ1n) is 10.4. The zero-order valence-electron chi connectivity index (χ0n) is 16.8. The average Bonchev–Trinajstić information content (AvgIpc) is 3.28. The third-order valence-corrected chi connectivity index (χ3v) is 5.99. The van der Waals surface area contributed by atoms with E-state index in [-0.39, 0.29) is 17.6 Å². The number of piperazine rings is 1. The molecule has 2 heterocycles. The summed E-state index contributed by atoms with van der Waals surface area (Å²) in [6, 6.07) is 0.0452. The third kappa shape index (κ3) is 4.70. The molecule has 2 saturated heterocycles. The lowest BCUT2D eigenvalue weighted by Crippen LogP contribution is -2.60. The van der Waals surface area contributed by atoms with E-state index in [9.17, 15) is 9.59 Å². The summed E-state index contributed by atoms with van der Waals surface area (Å²) in [5.74, 6) is 0.847. The molecule has 26 heavy (non-hydrogen) atoms. The van der Waals surface area contributed by atoms with Gasteiger partial charge in [0.1, 0.15) is 0 Å². The van der Waals surface area contributed by atoms with Crippen LogP contribution in [0.1, 0.15) is 59.3 Å². The lowest BCUT2D eigenvalue weighted by molar-refractivity contribution is -0.138. The number of hydrogen-bond acceptors (Lipinski definition) is 3. The first-order valence-corrected chi connectivity index (χ1v) is 10.4. The van der Waals surface area contributed by atoms with Gasteiger partial charge in [-0.15, -0.1) is 0 Å². The van der Waals surface area contributed by atoms with Gasteiger partial charge in [-0.25, -0.2) is 4.79 Å². The number of carbonyl (C=O) groups excluding carboxylic acids is 2. The van der Waals surface area contributed by atoms with Crippen LogP contribution in [0.5, 0.6) is 0 Å². The highest BCUT2D eigenvalue weighted by atomic mass is 16.2. The number of nitrogens with zero attached hydrogens (tertiary/aromatic N) is 3. The molecule has 6 heteroatoms. The number of urea groups is 1. The van der Waals surface area contributed by atoms with Crippen molar-refractivity contribution >= 4 is 11.9 Å². The summed E-state index contributed by atoms with van der Waals surface area (Å²) in [6.07, 6.45) is 7.14. The summed E-state index contributed by atoms with van der Waals surface area (Å²) >= 11 is 0. The van der Waals surface area contributed by atoms with Crippen LogP contribution >= 0.6 is 0 Å². The minimum Gasteiger partial charge on any atom is -0.341 e. The Balaban J connectivity index is 1.61. The Bertz CT molecular complexity index is 496. The number of nitrogens with one attached hydrogen (secondary N) is 1. The van der Waals surface area contributed by atoms with Gasteiger partial charge in [0.2, 0.25) is 5.91 Å². The van der Waals surface area contributed by atoms with E-state index >= 15 is 0 Å². The summed E-state index contributed by atoms with van der Waals surface area (Å²) < 4.78 is 0. The zero-order valence-corrected chi connectivity index (χ0v) is 16.8. The normalized spacial score (nSPS) is 24.1. The molecule has 3 fully saturated rings.